The monoisotopic (exact) mass is 240 g/mol. The molecule has 1 aliphatic carbocycles. The number of carboxylic acid groups (broad SMARTS) is 1. The number of rotatable bonds is 3. The molecular weight excluding hydrogens is 220 g/mol. The van der Waals surface area contributed by atoms with Gasteiger partial charge in [0.15, 0.2) is 0 Å². The minimum absolute atomic E-state index is 0.651. The van der Waals surface area contributed by atoms with E-state index in [2.05, 4.69) is 4.90 Å². The average molecular weight is 240 g/mol. The minimum atomic E-state index is -0.684. The smallest absolute Gasteiger partial charge is 0.324 e. The van der Waals surface area contributed by atoms with E-state index in [9.17, 15) is 14.7 Å². The van der Waals surface area contributed by atoms with Crippen molar-refractivity contribution in [3.63, 3.8) is 0 Å². The molecule has 96 valence electrons. The second kappa shape index (κ2) is 5.04. The zero-order chi connectivity index (χ0) is 12.3. The van der Waals surface area contributed by atoms with Gasteiger partial charge >= 0.3 is 5.97 Å². The molecule has 1 amide bonds. The van der Waals surface area contributed by atoms with Gasteiger partial charge in [0, 0.05) is 26.2 Å². The summed E-state index contributed by atoms with van der Waals surface area (Å²) < 4.78 is 0. The van der Waals surface area contributed by atoms with Crippen molar-refractivity contribution in [1.82, 2.24) is 9.80 Å². The number of aliphatic carboxylic acids is 1. The summed E-state index contributed by atoms with van der Waals surface area (Å²) in [6.45, 7) is 2.67. The Kier molecular flexibility index (Phi) is 3.66. The van der Waals surface area contributed by atoms with Crippen molar-refractivity contribution < 1.29 is 14.7 Å². The van der Waals surface area contributed by atoms with Crippen LogP contribution in [0.4, 0.5) is 0 Å². The molecule has 1 saturated heterocycles. The molecule has 17 heavy (non-hydrogen) atoms. The van der Waals surface area contributed by atoms with E-state index >= 15 is 0 Å². The molecule has 2 rings (SSSR count). The molecule has 0 aromatic rings. The lowest BCUT2D eigenvalue weighted by Gasteiger charge is -2.46. The molecule has 0 unspecified atom stereocenters. The Labute approximate surface area is 101 Å². The highest BCUT2D eigenvalue weighted by atomic mass is 16.4. The SMILES string of the molecule is O=CN1CCN(C2(C(=O)O)CCCCC2)CC1. The van der Waals surface area contributed by atoms with E-state index in [1.54, 1.807) is 4.90 Å². The maximum atomic E-state index is 11.6. The maximum absolute atomic E-state index is 11.6. The summed E-state index contributed by atoms with van der Waals surface area (Å²) in [6, 6.07) is 0. The van der Waals surface area contributed by atoms with E-state index in [4.69, 9.17) is 0 Å². The normalized spacial score (nSPS) is 25.5. The number of carbonyl (C=O) groups excluding carboxylic acids is 1. The van der Waals surface area contributed by atoms with Gasteiger partial charge in [0.2, 0.25) is 6.41 Å². The Morgan fingerprint density at radius 3 is 2.12 bits per heavy atom. The lowest BCUT2D eigenvalue weighted by molar-refractivity contribution is -0.156. The van der Waals surface area contributed by atoms with Crippen LogP contribution in [0.25, 0.3) is 0 Å². The van der Waals surface area contributed by atoms with Gasteiger partial charge in [0.05, 0.1) is 0 Å². The number of amides is 1. The predicted octanol–water partition coefficient (Wildman–Crippen LogP) is 0.548. The van der Waals surface area contributed by atoms with Crippen LogP contribution < -0.4 is 0 Å². The summed E-state index contributed by atoms with van der Waals surface area (Å²) in [4.78, 5) is 26.0. The molecule has 0 aromatic heterocycles. The molecular formula is C12H20N2O3. The molecule has 1 aliphatic heterocycles. The number of nitrogens with zero attached hydrogens (tertiary/aromatic N) is 2. The Morgan fingerprint density at radius 1 is 1.06 bits per heavy atom. The van der Waals surface area contributed by atoms with E-state index in [0.717, 1.165) is 38.5 Å². The van der Waals surface area contributed by atoms with Crippen LogP contribution in [0.1, 0.15) is 32.1 Å². The highest BCUT2D eigenvalue weighted by molar-refractivity contribution is 5.79. The van der Waals surface area contributed by atoms with Gasteiger partial charge in [0.25, 0.3) is 0 Å². The quantitative estimate of drug-likeness (QED) is 0.732. The Bertz CT molecular complexity index is 292. The number of hydrogen-bond acceptors (Lipinski definition) is 3. The molecule has 1 saturated carbocycles. The van der Waals surface area contributed by atoms with Gasteiger partial charge in [-0.2, -0.15) is 0 Å². The first-order valence-corrected chi connectivity index (χ1v) is 6.37. The van der Waals surface area contributed by atoms with Gasteiger partial charge in [-0.25, -0.2) is 0 Å². The van der Waals surface area contributed by atoms with E-state index in [1.165, 1.54) is 0 Å². The fourth-order valence-corrected chi connectivity index (χ4v) is 3.06. The molecule has 0 aromatic carbocycles. The number of hydrogen-bond donors (Lipinski definition) is 1. The molecule has 5 heteroatoms. The average Bonchev–Trinajstić information content (AvgIpc) is 2.39. The van der Waals surface area contributed by atoms with E-state index < -0.39 is 11.5 Å². The zero-order valence-corrected chi connectivity index (χ0v) is 10.1. The molecule has 5 nitrogen and oxygen atoms in total. The van der Waals surface area contributed by atoms with Crippen LogP contribution in [0, 0.1) is 0 Å². The van der Waals surface area contributed by atoms with Crippen molar-refractivity contribution in [2.24, 2.45) is 0 Å². The Morgan fingerprint density at radius 2 is 1.65 bits per heavy atom. The third-order valence-electron chi connectivity index (χ3n) is 4.15. The number of piperazine rings is 1. The second-order valence-electron chi connectivity index (χ2n) is 5.03. The van der Waals surface area contributed by atoms with Crippen molar-refractivity contribution in [1.29, 1.82) is 0 Å². The first-order valence-electron chi connectivity index (χ1n) is 6.37. The molecule has 0 atom stereocenters. The summed E-state index contributed by atoms with van der Waals surface area (Å²) in [7, 11) is 0. The Balaban J connectivity index is 2.07. The van der Waals surface area contributed by atoms with Crippen LogP contribution in [-0.4, -0.2) is 59.0 Å². The van der Waals surface area contributed by atoms with Gasteiger partial charge in [0.1, 0.15) is 5.54 Å². The summed E-state index contributed by atoms with van der Waals surface area (Å²) >= 11 is 0. The van der Waals surface area contributed by atoms with Crippen LogP contribution >= 0.6 is 0 Å². The topological polar surface area (TPSA) is 60.9 Å². The van der Waals surface area contributed by atoms with Crippen LogP contribution in [0.2, 0.25) is 0 Å². The lowest BCUT2D eigenvalue weighted by atomic mass is 9.80. The lowest BCUT2D eigenvalue weighted by Crippen LogP contribution is -2.61. The van der Waals surface area contributed by atoms with Crippen molar-refractivity contribution in [3.05, 3.63) is 0 Å². The largest absolute Gasteiger partial charge is 0.480 e. The first-order chi connectivity index (χ1) is 8.19. The highest BCUT2D eigenvalue weighted by Crippen LogP contribution is 2.34. The van der Waals surface area contributed by atoms with Gasteiger partial charge in [-0.3, -0.25) is 14.5 Å². The van der Waals surface area contributed by atoms with Crippen molar-refractivity contribution >= 4 is 12.4 Å². The van der Waals surface area contributed by atoms with Gasteiger partial charge in [-0.1, -0.05) is 19.3 Å². The summed E-state index contributed by atoms with van der Waals surface area (Å²) in [6.07, 6.45) is 5.50. The van der Waals surface area contributed by atoms with Gasteiger partial charge < -0.3 is 10.0 Å². The molecule has 0 bridgehead atoms. The van der Waals surface area contributed by atoms with E-state index in [0.29, 0.717) is 26.2 Å². The fourth-order valence-electron chi connectivity index (χ4n) is 3.06. The van der Waals surface area contributed by atoms with E-state index in [1.807, 2.05) is 0 Å². The first kappa shape index (κ1) is 12.4. The molecule has 1 heterocycles. The molecule has 1 N–H and O–H groups in total. The third-order valence-corrected chi connectivity index (χ3v) is 4.15. The molecule has 2 fully saturated rings. The summed E-state index contributed by atoms with van der Waals surface area (Å²) in [5.41, 5.74) is -0.659. The highest BCUT2D eigenvalue weighted by Gasteiger charge is 2.45. The standard InChI is InChI=1S/C12H20N2O3/c15-10-13-6-8-14(9-7-13)12(11(16)17)4-2-1-3-5-12/h10H,1-9H2,(H,16,17). The number of carbonyl (C=O) groups is 2. The van der Waals surface area contributed by atoms with E-state index in [-0.39, 0.29) is 0 Å². The van der Waals surface area contributed by atoms with Crippen LogP contribution in [0.3, 0.4) is 0 Å². The zero-order valence-electron chi connectivity index (χ0n) is 10.1. The van der Waals surface area contributed by atoms with Crippen LogP contribution in [0.5, 0.6) is 0 Å². The second-order valence-corrected chi connectivity index (χ2v) is 5.03. The van der Waals surface area contributed by atoms with Crippen molar-refractivity contribution in [2.75, 3.05) is 26.2 Å². The van der Waals surface area contributed by atoms with Crippen LogP contribution in [-0.2, 0) is 9.59 Å². The third kappa shape index (κ3) is 2.29. The van der Waals surface area contributed by atoms with Gasteiger partial charge in [-0.05, 0) is 12.8 Å². The predicted molar refractivity (Wildman–Crippen MR) is 62.7 cm³/mol. The van der Waals surface area contributed by atoms with Crippen molar-refractivity contribution in [2.45, 2.75) is 37.6 Å². The van der Waals surface area contributed by atoms with Crippen LogP contribution in [0.15, 0.2) is 0 Å². The molecule has 2 aliphatic rings. The minimum Gasteiger partial charge on any atom is -0.480 e. The van der Waals surface area contributed by atoms with Crippen molar-refractivity contribution in [3.8, 4) is 0 Å². The molecule has 0 radical (unpaired) electrons. The number of carboxylic acids is 1. The summed E-state index contributed by atoms with van der Waals surface area (Å²) in [5.74, 6) is -0.684. The maximum Gasteiger partial charge on any atom is 0.324 e. The fraction of sp³-hybridized carbons (Fsp3) is 0.833. The summed E-state index contributed by atoms with van der Waals surface area (Å²) in [5, 5.41) is 9.54. The Hall–Kier alpha value is -1.10. The molecule has 0 spiro atoms. The van der Waals surface area contributed by atoms with Gasteiger partial charge in [-0.15, -0.1) is 0 Å².